The molecule has 2 rings (SSSR count). The van der Waals surface area contributed by atoms with E-state index in [2.05, 4.69) is 6.92 Å². The maximum atomic E-state index is 12.2. The summed E-state index contributed by atoms with van der Waals surface area (Å²) in [5, 5.41) is 4.04. The first-order valence-corrected chi connectivity index (χ1v) is 6.93. The first-order chi connectivity index (χ1) is 7.59. The second kappa shape index (κ2) is 4.76. The second-order valence-electron chi connectivity index (χ2n) is 4.50. The Balaban J connectivity index is 2.09. The van der Waals surface area contributed by atoms with Crippen LogP contribution >= 0.6 is 22.9 Å². The first kappa shape index (κ1) is 11.9. The van der Waals surface area contributed by atoms with E-state index in [0.717, 1.165) is 24.1 Å². The van der Waals surface area contributed by atoms with Crippen LogP contribution in [0.3, 0.4) is 0 Å². The summed E-state index contributed by atoms with van der Waals surface area (Å²) in [5.74, 6) is 0.644. The topological polar surface area (TPSA) is 20.3 Å². The third-order valence-electron chi connectivity index (χ3n) is 3.24. The Morgan fingerprint density at radius 3 is 2.88 bits per heavy atom. The molecule has 4 heteroatoms. The van der Waals surface area contributed by atoms with E-state index < -0.39 is 0 Å². The van der Waals surface area contributed by atoms with Crippen molar-refractivity contribution in [2.75, 3.05) is 13.1 Å². The molecule has 1 aromatic heterocycles. The zero-order valence-electron chi connectivity index (χ0n) is 9.57. The van der Waals surface area contributed by atoms with Gasteiger partial charge >= 0.3 is 0 Å². The highest BCUT2D eigenvalue weighted by molar-refractivity contribution is 7.08. The van der Waals surface area contributed by atoms with Crippen molar-refractivity contribution in [1.82, 2.24) is 4.90 Å². The molecule has 0 aliphatic carbocycles. The molecule has 1 aliphatic rings. The molecule has 2 nitrogen and oxygen atoms in total. The minimum Gasteiger partial charge on any atom is -0.337 e. The fraction of sp³-hybridized carbons (Fsp3) is 0.583. The third kappa shape index (κ3) is 2.25. The van der Waals surface area contributed by atoms with E-state index in [0.29, 0.717) is 12.5 Å². The lowest BCUT2D eigenvalue weighted by Gasteiger charge is -2.34. The lowest BCUT2D eigenvalue weighted by molar-refractivity contribution is 0.0701. The summed E-state index contributed by atoms with van der Waals surface area (Å²) in [6.45, 7) is 5.64. The fourth-order valence-corrected chi connectivity index (χ4v) is 3.07. The van der Waals surface area contributed by atoms with Gasteiger partial charge in [-0.15, -0.1) is 11.6 Å². The normalized spacial score (nSPS) is 25.8. The standard InChI is InChI=1S/C12H16ClNOS/c1-8-3-4-14(5-11(8)13)12(15)10-7-16-6-9(10)2/h6-8,11H,3-5H2,1-2H3. The van der Waals surface area contributed by atoms with Crippen molar-refractivity contribution in [2.24, 2.45) is 5.92 Å². The number of halogens is 1. The summed E-state index contributed by atoms with van der Waals surface area (Å²) in [6.07, 6.45) is 1.00. The minimum atomic E-state index is 0.0941. The molecule has 2 heterocycles. The molecule has 2 unspecified atom stereocenters. The lowest BCUT2D eigenvalue weighted by atomic mass is 9.98. The minimum absolute atomic E-state index is 0.0941. The van der Waals surface area contributed by atoms with Gasteiger partial charge in [-0.3, -0.25) is 4.79 Å². The zero-order valence-corrected chi connectivity index (χ0v) is 11.1. The summed E-state index contributed by atoms with van der Waals surface area (Å²) < 4.78 is 0. The van der Waals surface area contributed by atoms with Crippen molar-refractivity contribution in [3.8, 4) is 0 Å². The van der Waals surface area contributed by atoms with Gasteiger partial charge in [0.15, 0.2) is 0 Å². The van der Waals surface area contributed by atoms with Crippen LogP contribution in [0.15, 0.2) is 10.8 Å². The Bertz CT molecular complexity index is 390. The van der Waals surface area contributed by atoms with Crippen LogP contribution in [-0.2, 0) is 0 Å². The first-order valence-electron chi connectivity index (χ1n) is 5.55. The van der Waals surface area contributed by atoms with Gasteiger partial charge in [0.05, 0.1) is 10.9 Å². The largest absolute Gasteiger partial charge is 0.337 e. The maximum Gasteiger partial charge on any atom is 0.255 e. The van der Waals surface area contributed by atoms with Gasteiger partial charge in [-0.1, -0.05) is 6.92 Å². The zero-order chi connectivity index (χ0) is 11.7. The highest BCUT2D eigenvalue weighted by atomic mass is 35.5. The SMILES string of the molecule is Cc1cscc1C(=O)N1CCC(C)C(Cl)C1. The van der Waals surface area contributed by atoms with Crippen LogP contribution in [0, 0.1) is 12.8 Å². The van der Waals surface area contributed by atoms with Crippen molar-refractivity contribution in [2.45, 2.75) is 25.6 Å². The van der Waals surface area contributed by atoms with E-state index in [-0.39, 0.29) is 11.3 Å². The van der Waals surface area contributed by atoms with E-state index in [1.807, 2.05) is 22.6 Å². The number of likely N-dealkylation sites (tertiary alicyclic amines) is 1. The van der Waals surface area contributed by atoms with Gasteiger partial charge in [-0.2, -0.15) is 11.3 Å². The van der Waals surface area contributed by atoms with Crippen molar-refractivity contribution in [3.05, 3.63) is 21.9 Å². The number of thiophene rings is 1. The van der Waals surface area contributed by atoms with Gasteiger partial charge in [0, 0.05) is 18.5 Å². The summed E-state index contributed by atoms with van der Waals surface area (Å²) in [6, 6.07) is 0. The molecule has 1 aromatic rings. The molecule has 0 saturated carbocycles. The Morgan fingerprint density at radius 1 is 1.56 bits per heavy atom. The highest BCUT2D eigenvalue weighted by Gasteiger charge is 2.28. The van der Waals surface area contributed by atoms with Crippen molar-refractivity contribution in [1.29, 1.82) is 0 Å². The molecule has 0 N–H and O–H groups in total. The smallest absolute Gasteiger partial charge is 0.255 e. The molecule has 1 amide bonds. The fourth-order valence-electron chi connectivity index (χ4n) is 1.96. The van der Waals surface area contributed by atoms with Crippen LogP contribution in [0.5, 0.6) is 0 Å². The third-order valence-corrected chi connectivity index (χ3v) is 4.67. The summed E-state index contributed by atoms with van der Waals surface area (Å²) in [7, 11) is 0. The number of amides is 1. The van der Waals surface area contributed by atoms with E-state index >= 15 is 0 Å². The molecular weight excluding hydrogens is 242 g/mol. The van der Waals surface area contributed by atoms with E-state index in [9.17, 15) is 4.79 Å². The number of alkyl halides is 1. The Kier molecular flexibility index (Phi) is 3.55. The summed E-state index contributed by atoms with van der Waals surface area (Å²) >= 11 is 7.80. The number of nitrogens with zero attached hydrogens (tertiary/aromatic N) is 1. The predicted octanol–water partition coefficient (Wildman–Crippen LogP) is 3.15. The number of aryl methyl sites for hydroxylation is 1. The molecule has 0 spiro atoms. The maximum absolute atomic E-state index is 12.2. The van der Waals surface area contributed by atoms with Crippen molar-refractivity contribution >= 4 is 28.8 Å². The highest BCUT2D eigenvalue weighted by Crippen LogP contribution is 2.24. The molecule has 0 aromatic carbocycles. The number of hydrogen-bond acceptors (Lipinski definition) is 2. The van der Waals surface area contributed by atoms with E-state index in [4.69, 9.17) is 11.6 Å². The van der Waals surface area contributed by atoms with Gasteiger partial charge in [0.1, 0.15) is 0 Å². The molecule has 1 saturated heterocycles. The number of piperidine rings is 1. The van der Waals surface area contributed by atoms with Crippen LogP contribution in [0.2, 0.25) is 0 Å². The van der Waals surface area contributed by atoms with Crippen LogP contribution < -0.4 is 0 Å². The van der Waals surface area contributed by atoms with Gasteiger partial charge in [0.25, 0.3) is 5.91 Å². The van der Waals surface area contributed by atoms with Crippen LogP contribution in [0.1, 0.15) is 29.3 Å². The molecular formula is C12H16ClNOS. The quantitative estimate of drug-likeness (QED) is 0.708. The summed E-state index contributed by atoms with van der Waals surface area (Å²) in [5.41, 5.74) is 1.91. The van der Waals surface area contributed by atoms with Crippen LogP contribution in [0.4, 0.5) is 0 Å². The second-order valence-corrected chi connectivity index (χ2v) is 5.81. The Labute approximate surface area is 105 Å². The van der Waals surface area contributed by atoms with Gasteiger partial charge in [-0.25, -0.2) is 0 Å². The number of carbonyl (C=O) groups is 1. The number of rotatable bonds is 1. The van der Waals surface area contributed by atoms with Gasteiger partial charge < -0.3 is 4.90 Å². The summed E-state index contributed by atoms with van der Waals surface area (Å²) in [4.78, 5) is 14.1. The molecule has 0 radical (unpaired) electrons. The molecule has 16 heavy (non-hydrogen) atoms. The number of carbonyl (C=O) groups excluding carboxylic acids is 1. The average Bonchev–Trinajstić information content (AvgIpc) is 2.67. The van der Waals surface area contributed by atoms with E-state index in [1.165, 1.54) is 0 Å². The van der Waals surface area contributed by atoms with Crippen LogP contribution in [-0.4, -0.2) is 29.3 Å². The lowest BCUT2D eigenvalue weighted by Crippen LogP contribution is -2.43. The molecule has 1 aliphatic heterocycles. The van der Waals surface area contributed by atoms with Crippen molar-refractivity contribution in [3.63, 3.8) is 0 Å². The molecule has 1 fully saturated rings. The predicted molar refractivity (Wildman–Crippen MR) is 68.4 cm³/mol. The monoisotopic (exact) mass is 257 g/mol. The molecule has 0 bridgehead atoms. The van der Waals surface area contributed by atoms with Gasteiger partial charge in [-0.05, 0) is 30.2 Å². The average molecular weight is 258 g/mol. The van der Waals surface area contributed by atoms with Crippen LogP contribution in [0.25, 0.3) is 0 Å². The van der Waals surface area contributed by atoms with E-state index in [1.54, 1.807) is 11.3 Å². The Morgan fingerprint density at radius 2 is 2.31 bits per heavy atom. The molecule has 88 valence electrons. The van der Waals surface area contributed by atoms with Gasteiger partial charge in [0.2, 0.25) is 0 Å². The number of hydrogen-bond donors (Lipinski definition) is 0. The Hall–Kier alpha value is -0.540. The molecule has 2 atom stereocenters. The van der Waals surface area contributed by atoms with Crippen molar-refractivity contribution < 1.29 is 4.79 Å².